The van der Waals surface area contributed by atoms with Crippen LogP contribution >= 0.6 is 0 Å². The standard InChI is InChI=1S/C16H13F3NO2/c1-21-14-7-4-5-12(9-14)10-20-22-11-13-6-2-3-8-15(13)16(17,18)19/h2-9H,11H2,1H3. The molecule has 6 heteroatoms. The highest BCUT2D eigenvalue weighted by Gasteiger charge is 2.32. The molecule has 1 radical (unpaired) electrons. The van der Waals surface area contributed by atoms with Crippen molar-refractivity contribution in [2.24, 2.45) is 5.16 Å². The first kappa shape index (κ1) is 15.9. The number of alkyl halides is 3. The van der Waals surface area contributed by atoms with Gasteiger partial charge in [0.2, 0.25) is 0 Å². The highest BCUT2D eigenvalue weighted by atomic mass is 19.4. The number of methoxy groups -OCH3 is 1. The third-order valence-corrected chi connectivity index (χ3v) is 2.85. The molecule has 0 aliphatic carbocycles. The van der Waals surface area contributed by atoms with Gasteiger partial charge in [-0.05, 0) is 18.2 Å². The van der Waals surface area contributed by atoms with Crippen LogP contribution < -0.4 is 4.74 Å². The van der Waals surface area contributed by atoms with Gasteiger partial charge in [-0.15, -0.1) is 0 Å². The Bertz CT molecular complexity index is 654. The molecule has 0 amide bonds. The van der Waals surface area contributed by atoms with Crippen molar-refractivity contribution in [1.29, 1.82) is 0 Å². The van der Waals surface area contributed by atoms with Gasteiger partial charge in [-0.2, -0.15) is 13.2 Å². The topological polar surface area (TPSA) is 30.8 Å². The van der Waals surface area contributed by atoms with E-state index in [-0.39, 0.29) is 12.2 Å². The van der Waals surface area contributed by atoms with Crippen LogP contribution in [0.5, 0.6) is 5.75 Å². The zero-order valence-electron chi connectivity index (χ0n) is 11.7. The summed E-state index contributed by atoms with van der Waals surface area (Å²) in [7, 11) is 1.53. The van der Waals surface area contributed by atoms with Crippen LogP contribution in [0.15, 0.2) is 53.7 Å². The van der Waals surface area contributed by atoms with E-state index in [0.717, 1.165) is 6.07 Å². The van der Waals surface area contributed by atoms with Crippen LogP contribution in [0.2, 0.25) is 0 Å². The van der Waals surface area contributed by atoms with E-state index in [9.17, 15) is 13.2 Å². The summed E-state index contributed by atoms with van der Waals surface area (Å²) in [5.74, 6) is 0.627. The Labute approximate surface area is 126 Å². The molecule has 0 aliphatic rings. The van der Waals surface area contributed by atoms with Crippen LogP contribution in [0.1, 0.15) is 16.7 Å². The molecule has 0 saturated carbocycles. The summed E-state index contributed by atoms with van der Waals surface area (Å²) in [6.45, 7) is -0.285. The van der Waals surface area contributed by atoms with Gasteiger partial charge in [0.05, 0.1) is 12.7 Å². The smallest absolute Gasteiger partial charge is 0.416 e. The van der Waals surface area contributed by atoms with Crippen LogP contribution in [0.3, 0.4) is 0 Å². The van der Waals surface area contributed by atoms with Crippen molar-refractivity contribution in [3.8, 4) is 5.75 Å². The Morgan fingerprint density at radius 3 is 2.59 bits per heavy atom. The molecule has 0 N–H and O–H groups in total. The summed E-state index contributed by atoms with van der Waals surface area (Å²) in [5, 5.41) is 3.56. The molecule has 0 aliphatic heterocycles. The molecule has 0 saturated heterocycles. The lowest BCUT2D eigenvalue weighted by Gasteiger charge is -2.11. The SMILES string of the molecule is COc1cccc(/[C]=N\OCc2ccccc2C(F)(F)F)c1. The predicted molar refractivity (Wildman–Crippen MR) is 75.8 cm³/mol. The van der Waals surface area contributed by atoms with Crippen LogP contribution in [-0.2, 0) is 17.6 Å². The van der Waals surface area contributed by atoms with Gasteiger partial charge in [-0.25, -0.2) is 0 Å². The normalized spacial score (nSPS) is 11.6. The van der Waals surface area contributed by atoms with E-state index in [0.29, 0.717) is 11.3 Å². The second kappa shape index (κ2) is 6.98. The van der Waals surface area contributed by atoms with Gasteiger partial charge in [0, 0.05) is 11.1 Å². The summed E-state index contributed by atoms with van der Waals surface area (Å²) in [4.78, 5) is 4.91. The first-order chi connectivity index (χ1) is 10.5. The Morgan fingerprint density at radius 1 is 1.09 bits per heavy atom. The Balaban J connectivity index is 2.01. The fourth-order valence-electron chi connectivity index (χ4n) is 1.80. The van der Waals surface area contributed by atoms with E-state index in [2.05, 4.69) is 11.4 Å². The summed E-state index contributed by atoms with van der Waals surface area (Å²) < 4.78 is 43.4. The second-order valence-corrected chi connectivity index (χ2v) is 4.36. The summed E-state index contributed by atoms with van der Waals surface area (Å²) in [6.07, 6.45) is -1.83. The van der Waals surface area contributed by atoms with Crippen molar-refractivity contribution in [1.82, 2.24) is 0 Å². The summed E-state index contributed by atoms with van der Waals surface area (Å²) in [6, 6.07) is 12.1. The van der Waals surface area contributed by atoms with Crippen molar-refractivity contribution in [2.45, 2.75) is 12.8 Å². The maximum atomic E-state index is 12.8. The minimum atomic E-state index is -4.42. The minimum Gasteiger partial charge on any atom is -0.497 e. The van der Waals surface area contributed by atoms with Crippen molar-refractivity contribution in [2.75, 3.05) is 7.11 Å². The Hall–Kier alpha value is -2.50. The number of hydrogen-bond donors (Lipinski definition) is 0. The van der Waals surface area contributed by atoms with Crippen molar-refractivity contribution >= 4 is 6.21 Å². The fraction of sp³-hybridized carbons (Fsp3) is 0.188. The van der Waals surface area contributed by atoms with E-state index in [4.69, 9.17) is 9.57 Å². The van der Waals surface area contributed by atoms with E-state index in [1.165, 1.54) is 25.3 Å². The van der Waals surface area contributed by atoms with Gasteiger partial charge >= 0.3 is 6.18 Å². The van der Waals surface area contributed by atoms with Gasteiger partial charge in [0.1, 0.15) is 18.6 Å². The molecular formula is C16H13F3NO2. The average Bonchev–Trinajstić information content (AvgIpc) is 2.51. The maximum absolute atomic E-state index is 12.8. The van der Waals surface area contributed by atoms with Crippen LogP contribution in [0.4, 0.5) is 13.2 Å². The lowest BCUT2D eigenvalue weighted by molar-refractivity contribution is -0.138. The monoisotopic (exact) mass is 308 g/mol. The average molecular weight is 308 g/mol. The van der Waals surface area contributed by atoms with E-state index in [1.54, 1.807) is 24.3 Å². The molecule has 2 aromatic rings. The van der Waals surface area contributed by atoms with E-state index in [1.807, 2.05) is 0 Å². The Kier molecular flexibility index (Phi) is 5.04. The highest BCUT2D eigenvalue weighted by molar-refractivity contribution is 5.79. The highest BCUT2D eigenvalue weighted by Crippen LogP contribution is 2.32. The van der Waals surface area contributed by atoms with Gasteiger partial charge < -0.3 is 9.57 Å². The molecule has 3 nitrogen and oxygen atoms in total. The number of halogens is 3. The van der Waals surface area contributed by atoms with Crippen LogP contribution in [0.25, 0.3) is 0 Å². The lowest BCUT2D eigenvalue weighted by atomic mass is 10.1. The third-order valence-electron chi connectivity index (χ3n) is 2.85. The summed E-state index contributed by atoms with van der Waals surface area (Å²) >= 11 is 0. The van der Waals surface area contributed by atoms with Gasteiger partial charge in [-0.3, -0.25) is 0 Å². The quantitative estimate of drug-likeness (QED) is 0.614. The minimum absolute atomic E-state index is 0.0196. The molecule has 0 fully saturated rings. The molecule has 0 bridgehead atoms. The molecule has 2 rings (SSSR count). The molecule has 115 valence electrons. The van der Waals surface area contributed by atoms with E-state index < -0.39 is 11.7 Å². The zero-order valence-corrected chi connectivity index (χ0v) is 11.7. The molecule has 0 atom stereocenters. The Morgan fingerprint density at radius 2 is 1.86 bits per heavy atom. The van der Waals surface area contributed by atoms with Gasteiger partial charge in [0.25, 0.3) is 0 Å². The number of hydrogen-bond acceptors (Lipinski definition) is 3. The third kappa shape index (κ3) is 4.25. The molecular weight excluding hydrogens is 295 g/mol. The largest absolute Gasteiger partial charge is 0.497 e. The zero-order chi connectivity index (χ0) is 16.0. The van der Waals surface area contributed by atoms with Crippen molar-refractivity contribution in [3.05, 3.63) is 65.2 Å². The molecule has 2 aromatic carbocycles. The number of rotatable bonds is 5. The van der Waals surface area contributed by atoms with Crippen LogP contribution in [-0.4, -0.2) is 13.3 Å². The maximum Gasteiger partial charge on any atom is 0.416 e. The molecule has 22 heavy (non-hydrogen) atoms. The first-order valence-corrected chi connectivity index (χ1v) is 6.38. The lowest BCUT2D eigenvalue weighted by Crippen LogP contribution is -2.09. The molecule has 0 heterocycles. The molecule has 0 unspecified atom stereocenters. The van der Waals surface area contributed by atoms with Gasteiger partial charge in [0.15, 0.2) is 0 Å². The van der Waals surface area contributed by atoms with Crippen LogP contribution in [0, 0.1) is 0 Å². The van der Waals surface area contributed by atoms with Crippen molar-refractivity contribution in [3.63, 3.8) is 0 Å². The number of nitrogens with zero attached hydrogens (tertiary/aromatic N) is 1. The second-order valence-electron chi connectivity index (χ2n) is 4.36. The fourth-order valence-corrected chi connectivity index (χ4v) is 1.80. The van der Waals surface area contributed by atoms with E-state index >= 15 is 0 Å². The first-order valence-electron chi connectivity index (χ1n) is 6.38. The molecule has 0 spiro atoms. The van der Waals surface area contributed by atoms with Crippen molar-refractivity contribution < 1.29 is 22.7 Å². The number of ether oxygens (including phenoxy) is 1. The molecule has 0 aromatic heterocycles. The predicted octanol–water partition coefficient (Wildman–Crippen LogP) is 4.14. The number of benzene rings is 2. The summed E-state index contributed by atoms with van der Waals surface area (Å²) in [5.41, 5.74) is -0.110. The van der Waals surface area contributed by atoms with Gasteiger partial charge in [-0.1, -0.05) is 35.5 Å².